The number of aliphatic hydroxyl groups is 1. The Bertz CT molecular complexity index is 1040. The van der Waals surface area contributed by atoms with Crippen LogP contribution in [0.4, 0.5) is 0 Å². The molecule has 30 heavy (non-hydrogen) atoms. The Morgan fingerprint density at radius 1 is 1.13 bits per heavy atom. The Balaban J connectivity index is 1.52. The number of fused-ring (bicyclic) bond motifs is 5. The SMILES string of the molecule is C=C/C=c1\c(=C/C)[nH]c[n+]1C1=CCC2C3CC=C4C[C@@H](O)CC[C@]4(C)C3CC[C@]12C. The summed E-state index contributed by atoms with van der Waals surface area (Å²) in [5.74, 6) is 2.23. The molecule has 0 spiro atoms. The summed E-state index contributed by atoms with van der Waals surface area (Å²) in [6.45, 7) is 11.1. The van der Waals surface area contributed by atoms with Gasteiger partial charge in [0.25, 0.3) is 0 Å². The predicted molar refractivity (Wildman–Crippen MR) is 122 cm³/mol. The standard InChI is InChI=1S/C27H36N2O/c1-5-7-24-23(6-2)28-17-29(24)25-11-10-21-20-9-8-18-16-19(30)12-14-26(18,3)22(20)13-15-27(21,25)4/h5-8,11,17,19-22,30H,1,9-10,12-16H2,2-4H3/p+1/b23-6+,24-7+/t19-,20?,21?,22?,26-,27-/m0/s1. The maximum atomic E-state index is 10.2. The molecule has 0 amide bonds. The Morgan fingerprint density at radius 2 is 1.93 bits per heavy atom. The average molecular weight is 406 g/mol. The lowest BCUT2D eigenvalue weighted by molar-refractivity contribution is -0.602. The van der Waals surface area contributed by atoms with E-state index in [0.29, 0.717) is 11.3 Å². The van der Waals surface area contributed by atoms with Crippen molar-refractivity contribution in [2.24, 2.45) is 28.6 Å². The van der Waals surface area contributed by atoms with Crippen molar-refractivity contribution in [2.75, 3.05) is 0 Å². The molecule has 1 aromatic rings. The van der Waals surface area contributed by atoms with E-state index in [1.807, 2.05) is 6.08 Å². The molecule has 1 aromatic heterocycles. The molecule has 2 fully saturated rings. The number of nitrogens with one attached hydrogen (secondary N) is 1. The van der Waals surface area contributed by atoms with Gasteiger partial charge in [-0.3, -0.25) is 0 Å². The second-order valence-corrected chi connectivity index (χ2v) is 10.6. The summed E-state index contributed by atoms with van der Waals surface area (Å²) in [6, 6.07) is 0. The Morgan fingerprint density at radius 3 is 2.70 bits per heavy atom. The molecule has 3 nitrogen and oxygen atoms in total. The lowest BCUT2D eigenvalue weighted by Crippen LogP contribution is -2.57. The summed E-state index contributed by atoms with van der Waals surface area (Å²) >= 11 is 0. The third-order valence-electron chi connectivity index (χ3n) is 9.33. The third kappa shape index (κ3) is 2.70. The Labute approximate surface area is 180 Å². The molecule has 3 heteroatoms. The van der Waals surface area contributed by atoms with Crippen molar-refractivity contribution in [2.45, 2.75) is 71.8 Å². The van der Waals surface area contributed by atoms with Crippen LogP contribution in [-0.2, 0) is 0 Å². The van der Waals surface area contributed by atoms with Gasteiger partial charge in [0.2, 0.25) is 6.33 Å². The van der Waals surface area contributed by atoms with Gasteiger partial charge in [-0.15, -0.1) is 0 Å². The number of hydrogen-bond donors (Lipinski definition) is 2. The van der Waals surface area contributed by atoms with Gasteiger partial charge >= 0.3 is 0 Å². The van der Waals surface area contributed by atoms with Crippen LogP contribution in [0.2, 0.25) is 0 Å². The molecule has 2 N–H and O–H groups in total. The summed E-state index contributed by atoms with van der Waals surface area (Å²) in [4.78, 5) is 3.46. The van der Waals surface area contributed by atoms with Gasteiger partial charge in [-0.1, -0.05) is 38.2 Å². The number of H-pyrrole nitrogens is 1. The summed E-state index contributed by atoms with van der Waals surface area (Å²) in [6.07, 6.45) is 21.2. The minimum absolute atomic E-state index is 0.122. The minimum atomic E-state index is -0.122. The van der Waals surface area contributed by atoms with Gasteiger partial charge in [-0.2, -0.15) is 4.57 Å². The quantitative estimate of drug-likeness (QED) is 0.569. The van der Waals surface area contributed by atoms with Gasteiger partial charge in [-0.25, -0.2) is 4.98 Å². The van der Waals surface area contributed by atoms with Crippen LogP contribution in [0.5, 0.6) is 0 Å². The summed E-state index contributed by atoms with van der Waals surface area (Å²) in [5.41, 5.74) is 3.56. The first-order valence-electron chi connectivity index (χ1n) is 11.9. The topological polar surface area (TPSA) is 39.9 Å². The molecule has 4 aliphatic carbocycles. The van der Waals surface area contributed by atoms with E-state index in [9.17, 15) is 5.11 Å². The zero-order valence-corrected chi connectivity index (χ0v) is 18.8. The van der Waals surface area contributed by atoms with Crippen molar-refractivity contribution in [3.63, 3.8) is 0 Å². The van der Waals surface area contributed by atoms with E-state index < -0.39 is 0 Å². The normalized spacial score (nSPS) is 41.6. The maximum absolute atomic E-state index is 10.2. The number of aromatic amines is 1. The fourth-order valence-corrected chi connectivity index (χ4v) is 7.68. The zero-order valence-electron chi connectivity index (χ0n) is 18.8. The lowest BCUT2D eigenvalue weighted by atomic mass is 9.48. The van der Waals surface area contributed by atoms with E-state index in [2.05, 4.69) is 67.5 Å². The summed E-state index contributed by atoms with van der Waals surface area (Å²) in [5, 5.41) is 12.6. The highest BCUT2D eigenvalue weighted by Crippen LogP contribution is 2.64. The number of aliphatic hydroxyl groups excluding tert-OH is 1. The smallest absolute Gasteiger partial charge is 0.247 e. The van der Waals surface area contributed by atoms with Crippen LogP contribution in [0, 0.1) is 28.6 Å². The average Bonchev–Trinajstić information content (AvgIpc) is 3.28. The van der Waals surface area contributed by atoms with Gasteiger partial charge in [0.1, 0.15) is 5.70 Å². The number of allylic oxidation sites excluding steroid dienone is 4. The largest absolute Gasteiger partial charge is 0.393 e. The highest BCUT2D eigenvalue weighted by molar-refractivity contribution is 5.49. The van der Waals surface area contributed by atoms with E-state index in [0.717, 1.165) is 36.4 Å². The molecule has 160 valence electrons. The van der Waals surface area contributed by atoms with E-state index in [4.69, 9.17) is 0 Å². The molecular weight excluding hydrogens is 368 g/mol. The van der Waals surface area contributed by atoms with Gasteiger partial charge in [0, 0.05) is 5.41 Å². The molecule has 5 rings (SSSR count). The zero-order chi connectivity index (χ0) is 21.1. The lowest BCUT2D eigenvalue weighted by Gasteiger charge is -2.57. The second-order valence-electron chi connectivity index (χ2n) is 10.6. The Hall–Kier alpha value is -1.87. The van der Waals surface area contributed by atoms with Crippen molar-refractivity contribution in [1.82, 2.24) is 4.98 Å². The van der Waals surface area contributed by atoms with Crippen LogP contribution in [-0.4, -0.2) is 16.2 Å². The fourth-order valence-electron chi connectivity index (χ4n) is 7.68. The van der Waals surface area contributed by atoms with Crippen LogP contribution >= 0.6 is 0 Å². The highest BCUT2D eigenvalue weighted by Gasteiger charge is 2.58. The first kappa shape index (κ1) is 20.1. The van der Waals surface area contributed by atoms with Crippen LogP contribution in [0.25, 0.3) is 17.8 Å². The van der Waals surface area contributed by atoms with E-state index >= 15 is 0 Å². The van der Waals surface area contributed by atoms with E-state index in [-0.39, 0.29) is 11.5 Å². The summed E-state index contributed by atoms with van der Waals surface area (Å²) in [7, 11) is 0. The van der Waals surface area contributed by atoms with Crippen molar-refractivity contribution in [3.8, 4) is 0 Å². The van der Waals surface area contributed by atoms with Gasteiger partial charge in [-0.05, 0) is 93.3 Å². The third-order valence-corrected chi connectivity index (χ3v) is 9.33. The molecule has 2 saturated carbocycles. The molecular formula is C27H37N2O+. The minimum Gasteiger partial charge on any atom is -0.393 e. The molecule has 4 aliphatic rings. The van der Waals surface area contributed by atoms with Gasteiger partial charge in [0.15, 0.2) is 10.7 Å². The van der Waals surface area contributed by atoms with Crippen LogP contribution < -0.4 is 15.3 Å². The number of rotatable bonds is 2. The van der Waals surface area contributed by atoms with Crippen molar-refractivity contribution >= 4 is 17.8 Å². The maximum Gasteiger partial charge on any atom is 0.247 e. The van der Waals surface area contributed by atoms with Crippen molar-refractivity contribution in [1.29, 1.82) is 0 Å². The van der Waals surface area contributed by atoms with Crippen molar-refractivity contribution in [3.05, 3.63) is 47.4 Å². The molecule has 0 radical (unpaired) electrons. The number of imidazole rings is 1. The molecule has 1 heterocycles. The number of nitrogens with zero attached hydrogens (tertiary/aromatic N) is 1. The summed E-state index contributed by atoms with van der Waals surface area (Å²) < 4.78 is 2.39. The van der Waals surface area contributed by atoms with E-state index in [1.54, 1.807) is 5.57 Å². The first-order chi connectivity index (χ1) is 14.4. The Kier molecular flexibility index (Phi) is 4.74. The predicted octanol–water partition coefficient (Wildman–Crippen LogP) is 3.84. The molecule has 0 bridgehead atoms. The second kappa shape index (κ2) is 7.09. The molecule has 0 aliphatic heterocycles. The number of hydrogen-bond acceptors (Lipinski definition) is 1. The van der Waals surface area contributed by atoms with Gasteiger partial charge in [0.05, 0.1) is 6.10 Å². The number of aromatic nitrogens is 2. The van der Waals surface area contributed by atoms with Crippen LogP contribution in [0.3, 0.4) is 0 Å². The molecule has 3 unspecified atom stereocenters. The fraction of sp³-hybridized carbons (Fsp3) is 0.593. The van der Waals surface area contributed by atoms with Crippen LogP contribution in [0.1, 0.15) is 65.7 Å². The van der Waals surface area contributed by atoms with E-state index in [1.165, 1.54) is 36.7 Å². The van der Waals surface area contributed by atoms with Gasteiger partial charge < -0.3 is 5.11 Å². The van der Waals surface area contributed by atoms with Crippen LogP contribution in [0.15, 0.2) is 36.7 Å². The first-order valence-corrected chi connectivity index (χ1v) is 11.9. The highest BCUT2D eigenvalue weighted by atomic mass is 16.3. The molecule has 0 aromatic carbocycles. The molecule has 0 saturated heterocycles. The molecule has 6 atom stereocenters. The monoisotopic (exact) mass is 405 g/mol. The van der Waals surface area contributed by atoms with Crippen molar-refractivity contribution < 1.29 is 9.67 Å².